The maximum absolute atomic E-state index is 10.5. The van der Waals surface area contributed by atoms with E-state index in [9.17, 15) is 9.36 Å². The van der Waals surface area contributed by atoms with Gasteiger partial charge in [0.2, 0.25) is 0 Å². The first-order valence-electron chi connectivity index (χ1n) is 3.75. The Morgan fingerprint density at radius 3 is 2.62 bits per heavy atom. The number of carbonyl (C=O) groups excluding carboxylic acids is 1. The van der Waals surface area contributed by atoms with Crippen LogP contribution in [0, 0.1) is 0 Å². The molecule has 0 bridgehead atoms. The van der Waals surface area contributed by atoms with Crippen LogP contribution in [0.3, 0.4) is 0 Å². The fraction of sp³-hybridized carbons (Fsp3) is 0.833. The van der Waals surface area contributed by atoms with Crippen LogP contribution in [-0.4, -0.2) is 30.9 Å². The summed E-state index contributed by atoms with van der Waals surface area (Å²) in [5.41, 5.74) is 0. The topological polar surface area (TPSA) is 82.1 Å². The zero-order chi connectivity index (χ0) is 10.1. The zero-order valence-corrected chi connectivity index (χ0v) is 8.16. The second-order valence-electron chi connectivity index (χ2n) is 1.96. The lowest BCUT2D eigenvalue weighted by Gasteiger charge is -2.01. The van der Waals surface area contributed by atoms with Crippen molar-refractivity contribution in [1.82, 2.24) is 0 Å². The van der Waals surface area contributed by atoms with E-state index in [4.69, 9.17) is 4.89 Å². The quantitative estimate of drug-likeness (QED) is 0.404. The van der Waals surface area contributed by atoms with Crippen molar-refractivity contribution in [1.29, 1.82) is 0 Å². The van der Waals surface area contributed by atoms with Gasteiger partial charge < -0.3 is 9.47 Å². The molecule has 7 heteroatoms. The summed E-state index contributed by atoms with van der Waals surface area (Å²) in [6, 6.07) is 0. The van der Waals surface area contributed by atoms with Crippen LogP contribution in [0.15, 0.2) is 0 Å². The predicted octanol–water partition coefficient (Wildman–Crippen LogP) is 1.22. The van der Waals surface area contributed by atoms with Crippen molar-refractivity contribution in [2.75, 3.05) is 19.8 Å². The monoisotopic (exact) mass is 211 g/mol. The number of carbonyl (C=O) groups is 1. The Bertz CT molecular complexity index is 171. The number of rotatable bonds is 6. The molecule has 0 spiro atoms. The van der Waals surface area contributed by atoms with E-state index >= 15 is 0 Å². The molecule has 13 heavy (non-hydrogen) atoms. The van der Waals surface area contributed by atoms with Gasteiger partial charge in [-0.1, -0.05) is 0 Å². The van der Waals surface area contributed by atoms with E-state index in [1.165, 1.54) is 0 Å². The maximum Gasteiger partial charge on any atom is 0.694 e. The number of ether oxygens (including phenoxy) is 2. The Morgan fingerprint density at radius 1 is 1.38 bits per heavy atom. The largest absolute Gasteiger partial charge is 0.694 e. The molecule has 0 amide bonds. The molecule has 76 valence electrons. The lowest BCUT2D eigenvalue weighted by molar-refractivity contribution is 0.0556. The first-order valence-corrected chi connectivity index (χ1v) is 4.88. The van der Waals surface area contributed by atoms with Gasteiger partial charge in [0.25, 0.3) is 0 Å². The fourth-order valence-electron chi connectivity index (χ4n) is 0.517. The van der Waals surface area contributed by atoms with Gasteiger partial charge in [-0.05, 0) is 6.92 Å². The third kappa shape index (κ3) is 9.20. The van der Waals surface area contributed by atoms with Crippen molar-refractivity contribution in [3.8, 4) is 0 Å². The summed E-state index contributed by atoms with van der Waals surface area (Å²) in [7, 11) is -2.56. The molecule has 1 atom stereocenters. The fourth-order valence-corrected chi connectivity index (χ4v) is 0.802. The summed E-state index contributed by atoms with van der Waals surface area (Å²) in [5.74, 6) is 0. The summed E-state index contributed by atoms with van der Waals surface area (Å²) in [6.07, 6.45) is -0.378. The molecule has 0 rings (SSSR count). The third-order valence-corrected chi connectivity index (χ3v) is 1.38. The van der Waals surface area contributed by atoms with E-state index in [-0.39, 0.29) is 19.8 Å². The summed E-state index contributed by atoms with van der Waals surface area (Å²) >= 11 is 0. The molecule has 1 unspecified atom stereocenters. The van der Waals surface area contributed by atoms with E-state index < -0.39 is 14.4 Å². The van der Waals surface area contributed by atoms with Gasteiger partial charge in [-0.15, -0.1) is 9.42 Å². The van der Waals surface area contributed by atoms with Gasteiger partial charge in [0.1, 0.15) is 6.61 Å². The van der Waals surface area contributed by atoms with Crippen molar-refractivity contribution in [3.63, 3.8) is 0 Å². The van der Waals surface area contributed by atoms with Crippen molar-refractivity contribution in [2.24, 2.45) is 0 Å². The Labute approximate surface area is 76.7 Å². The van der Waals surface area contributed by atoms with Crippen LogP contribution in [0.25, 0.3) is 0 Å². The van der Waals surface area contributed by atoms with Crippen LogP contribution in [0.5, 0.6) is 0 Å². The van der Waals surface area contributed by atoms with E-state index in [1.807, 2.05) is 0 Å². The second-order valence-corrected chi connectivity index (χ2v) is 2.69. The van der Waals surface area contributed by atoms with Crippen molar-refractivity contribution in [2.45, 2.75) is 13.3 Å². The SMILES string of the molecule is CCOC(=O)OCCCO[P+](=O)O. The van der Waals surface area contributed by atoms with Gasteiger partial charge in [0.15, 0.2) is 0 Å². The van der Waals surface area contributed by atoms with E-state index in [0.29, 0.717) is 6.42 Å². The van der Waals surface area contributed by atoms with Crippen molar-refractivity contribution >= 4 is 14.4 Å². The van der Waals surface area contributed by atoms with Gasteiger partial charge in [0, 0.05) is 11.0 Å². The van der Waals surface area contributed by atoms with Gasteiger partial charge in [-0.25, -0.2) is 4.79 Å². The molecular weight excluding hydrogens is 199 g/mol. The molecule has 0 aliphatic carbocycles. The molecule has 0 aromatic rings. The Morgan fingerprint density at radius 2 is 2.08 bits per heavy atom. The normalized spacial score (nSPS) is 10.8. The van der Waals surface area contributed by atoms with Gasteiger partial charge in [-0.2, -0.15) is 0 Å². The lowest BCUT2D eigenvalue weighted by Crippen LogP contribution is -2.08. The standard InChI is InChI=1S/C6H11O6P/c1-2-10-6(7)11-4-3-5-12-13(8)9/h2-5H2,1H3/p+1. The molecule has 0 saturated carbocycles. The van der Waals surface area contributed by atoms with Crippen LogP contribution < -0.4 is 0 Å². The summed E-state index contributed by atoms with van der Waals surface area (Å²) in [6.45, 7) is 2.12. The molecular formula is C6H12O6P+. The summed E-state index contributed by atoms with van der Waals surface area (Å²) in [5, 5.41) is 0. The Hall–Kier alpha value is -0.710. The highest BCUT2D eigenvalue weighted by molar-refractivity contribution is 7.32. The molecule has 6 nitrogen and oxygen atoms in total. The Kier molecular flexibility index (Phi) is 7.48. The minimum Gasteiger partial charge on any atom is -0.435 e. The van der Waals surface area contributed by atoms with Crippen molar-refractivity contribution < 1.29 is 28.3 Å². The molecule has 0 fully saturated rings. The van der Waals surface area contributed by atoms with Crippen LogP contribution >= 0.6 is 8.25 Å². The Balaban J connectivity index is 3.16. The highest BCUT2D eigenvalue weighted by Gasteiger charge is 2.10. The van der Waals surface area contributed by atoms with Gasteiger partial charge in [-0.3, -0.25) is 0 Å². The first kappa shape index (κ1) is 12.3. The number of hydrogen-bond acceptors (Lipinski definition) is 5. The molecule has 0 aliphatic heterocycles. The molecule has 0 aromatic carbocycles. The molecule has 0 heterocycles. The van der Waals surface area contributed by atoms with E-state index in [0.717, 1.165) is 0 Å². The van der Waals surface area contributed by atoms with Crippen LogP contribution in [0.2, 0.25) is 0 Å². The van der Waals surface area contributed by atoms with Crippen molar-refractivity contribution in [3.05, 3.63) is 0 Å². The molecule has 0 aliphatic rings. The smallest absolute Gasteiger partial charge is 0.435 e. The van der Waals surface area contributed by atoms with Crippen LogP contribution in [0.1, 0.15) is 13.3 Å². The number of hydrogen-bond donors (Lipinski definition) is 1. The lowest BCUT2D eigenvalue weighted by atomic mass is 10.5. The minimum absolute atomic E-state index is 0.0745. The zero-order valence-electron chi connectivity index (χ0n) is 7.26. The second kappa shape index (κ2) is 7.91. The summed E-state index contributed by atoms with van der Waals surface area (Å²) in [4.78, 5) is 18.7. The first-order chi connectivity index (χ1) is 6.16. The third-order valence-electron chi connectivity index (χ3n) is 0.973. The highest BCUT2D eigenvalue weighted by atomic mass is 31.1. The highest BCUT2D eigenvalue weighted by Crippen LogP contribution is 2.13. The molecule has 1 N–H and O–H groups in total. The average molecular weight is 211 g/mol. The van der Waals surface area contributed by atoms with E-state index in [1.54, 1.807) is 6.92 Å². The molecule has 0 radical (unpaired) electrons. The van der Waals surface area contributed by atoms with Crippen LogP contribution in [-0.2, 0) is 18.6 Å². The van der Waals surface area contributed by atoms with Gasteiger partial charge in [0.05, 0.1) is 13.2 Å². The molecule has 0 saturated heterocycles. The minimum atomic E-state index is -2.56. The van der Waals surface area contributed by atoms with Crippen LogP contribution in [0.4, 0.5) is 4.79 Å². The summed E-state index contributed by atoms with van der Waals surface area (Å²) < 4.78 is 23.3. The van der Waals surface area contributed by atoms with E-state index in [2.05, 4.69) is 14.0 Å². The molecule has 0 aromatic heterocycles. The van der Waals surface area contributed by atoms with Gasteiger partial charge >= 0.3 is 14.4 Å². The average Bonchev–Trinajstić information content (AvgIpc) is 2.03. The maximum atomic E-state index is 10.5. The predicted molar refractivity (Wildman–Crippen MR) is 43.4 cm³/mol.